The standard InChI is InChI=1S/C25H17N3O2/c29-24(16-7-2-1-3-8-16)27-18-10-6-9-17(15-18)19-13-14-26-23-22(19)20-11-4-5-12-21(20)25(30)28-23/h1-15H,(H,27,29)(H,26,28,30). The minimum atomic E-state index is -0.165. The van der Waals surface area contributed by atoms with E-state index in [-0.39, 0.29) is 11.5 Å². The number of aromatic amines is 1. The van der Waals surface area contributed by atoms with Gasteiger partial charge in [0.2, 0.25) is 0 Å². The normalized spacial score (nSPS) is 10.9. The van der Waals surface area contributed by atoms with E-state index in [1.54, 1.807) is 24.4 Å². The molecule has 0 radical (unpaired) electrons. The summed E-state index contributed by atoms with van der Waals surface area (Å²) in [6.07, 6.45) is 1.68. The van der Waals surface area contributed by atoms with Crippen molar-refractivity contribution in [2.45, 2.75) is 0 Å². The maximum absolute atomic E-state index is 12.5. The van der Waals surface area contributed by atoms with Crippen LogP contribution in [0.25, 0.3) is 32.9 Å². The fraction of sp³-hybridized carbons (Fsp3) is 0. The van der Waals surface area contributed by atoms with E-state index in [1.807, 2.05) is 66.7 Å². The second-order valence-corrected chi connectivity index (χ2v) is 6.98. The van der Waals surface area contributed by atoms with E-state index >= 15 is 0 Å². The van der Waals surface area contributed by atoms with Crippen LogP contribution in [0.4, 0.5) is 5.69 Å². The number of benzene rings is 3. The van der Waals surface area contributed by atoms with Crippen LogP contribution >= 0.6 is 0 Å². The van der Waals surface area contributed by atoms with Crippen molar-refractivity contribution < 1.29 is 4.79 Å². The van der Waals surface area contributed by atoms with Crippen molar-refractivity contribution in [2.24, 2.45) is 0 Å². The number of nitrogens with zero attached hydrogens (tertiary/aromatic N) is 1. The van der Waals surface area contributed by atoms with Crippen LogP contribution in [0.5, 0.6) is 0 Å². The Labute approximate surface area is 172 Å². The molecule has 144 valence electrons. The first kappa shape index (κ1) is 17.8. The van der Waals surface area contributed by atoms with Crippen LogP contribution in [-0.4, -0.2) is 15.9 Å². The van der Waals surface area contributed by atoms with E-state index < -0.39 is 0 Å². The number of hydrogen-bond acceptors (Lipinski definition) is 3. The van der Waals surface area contributed by atoms with Gasteiger partial charge in [-0.05, 0) is 52.9 Å². The number of fused-ring (bicyclic) bond motifs is 3. The Hall–Kier alpha value is -4.25. The minimum absolute atomic E-state index is 0.161. The van der Waals surface area contributed by atoms with E-state index in [1.165, 1.54) is 0 Å². The summed E-state index contributed by atoms with van der Waals surface area (Å²) >= 11 is 0. The van der Waals surface area contributed by atoms with E-state index in [0.29, 0.717) is 22.3 Å². The van der Waals surface area contributed by atoms with E-state index in [9.17, 15) is 9.59 Å². The number of aromatic nitrogens is 2. The molecule has 0 fully saturated rings. The third-order valence-corrected chi connectivity index (χ3v) is 5.09. The largest absolute Gasteiger partial charge is 0.322 e. The Morgan fingerprint density at radius 3 is 2.43 bits per heavy atom. The van der Waals surface area contributed by atoms with Crippen LogP contribution in [0.2, 0.25) is 0 Å². The van der Waals surface area contributed by atoms with Gasteiger partial charge in [0.1, 0.15) is 5.65 Å². The molecule has 2 heterocycles. The molecule has 0 spiro atoms. The fourth-order valence-corrected chi connectivity index (χ4v) is 3.70. The molecule has 0 aliphatic heterocycles. The minimum Gasteiger partial charge on any atom is -0.322 e. The fourth-order valence-electron chi connectivity index (χ4n) is 3.70. The van der Waals surface area contributed by atoms with Gasteiger partial charge in [-0.1, -0.05) is 48.5 Å². The van der Waals surface area contributed by atoms with Gasteiger partial charge in [0.15, 0.2) is 0 Å². The van der Waals surface area contributed by atoms with Gasteiger partial charge < -0.3 is 10.3 Å². The molecular weight excluding hydrogens is 374 g/mol. The Kier molecular flexibility index (Phi) is 4.33. The highest BCUT2D eigenvalue weighted by molar-refractivity contribution is 6.11. The smallest absolute Gasteiger partial charge is 0.257 e. The molecule has 0 bridgehead atoms. The molecule has 0 unspecified atom stereocenters. The summed E-state index contributed by atoms with van der Waals surface area (Å²) in [5, 5.41) is 5.29. The number of carbonyl (C=O) groups is 1. The van der Waals surface area contributed by atoms with Gasteiger partial charge in [-0.25, -0.2) is 4.98 Å². The first-order valence-corrected chi connectivity index (χ1v) is 9.57. The molecule has 2 N–H and O–H groups in total. The topological polar surface area (TPSA) is 74.8 Å². The van der Waals surface area contributed by atoms with Crippen molar-refractivity contribution in [3.8, 4) is 11.1 Å². The Balaban J connectivity index is 1.63. The quantitative estimate of drug-likeness (QED) is 0.425. The van der Waals surface area contributed by atoms with Gasteiger partial charge in [-0.2, -0.15) is 0 Å². The van der Waals surface area contributed by atoms with Crippen LogP contribution in [0.15, 0.2) is 95.9 Å². The average Bonchev–Trinajstić information content (AvgIpc) is 2.79. The third kappa shape index (κ3) is 3.12. The number of carbonyl (C=O) groups excluding carboxylic acids is 1. The summed E-state index contributed by atoms with van der Waals surface area (Å²) < 4.78 is 0. The average molecular weight is 391 g/mol. The van der Waals surface area contributed by atoms with Crippen LogP contribution in [0.3, 0.4) is 0 Å². The summed E-state index contributed by atoms with van der Waals surface area (Å²) in [6.45, 7) is 0. The van der Waals surface area contributed by atoms with Gasteiger partial charge in [0, 0.05) is 28.2 Å². The molecule has 5 aromatic rings. The van der Waals surface area contributed by atoms with Crippen molar-refractivity contribution in [1.29, 1.82) is 0 Å². The predicted octanol–water partition coefficient (Wildman–Crippen LogP) is 5.00. The lowest BCUT2D eigenvalue weighted by Gasteiger charge is -2.11. The molecule has 5 nitrogen and oxygen atoms in total. The lowest BCUT2D eigenvalue weighted by molar-refractivity contribution is 0.102. The molecule has 5 rings (SSSR count). The molecule has 0 aliphatic rings. The highest BCUT2D eigenvalue weighted by atomic mass is 16.1. The van der Waals surface area contributed by atoms with E-state index in [4.69, 9.17) is 0 Å². The van der Waals surface area contributed by atoms with Crippen molar-refractivity contribution in [1.82, 2.24) is 9.97 Å². The Morgan fingerprint density at radius 2 is 1.60 bits per heavy atom. The molecule has 0 saturated heterocycles. The van der Waals surface area contributed by atoms with E-state index in [2.05, 4.69) is 15.3 Å². The number of anilines is 1. The number of pyridine rings is 2. The van der Waals surface area contributed by atoms with Gasteiger partial charge >= 0.3 is 0 Å². The lowest BCUT2D eigenvalue weighted by Crippen LogP contribution is -2.11. The number of hydrogen-bond donors (Lipinski definition) is 2. The summed E-state index contributed by atoms with van der Waals surface area (Å²) in [4.78, 5) is 32.2. The van der Waals surface area contributed by atoms with Crippen LogP contribution < -0.4 is 10.9 Å². The molecule has 3 aromatic carbocycles. The predicted molar refractivity (Wildman–Crippen MR) is 120 cm³/mol. The number of nitrogens with one attached hydrogen (secondary N) is 2. The summed E-state index contributed by atoms with van der Waals surface area (Å²) in [7, 11) is 0. The molecule has 0 aliphatic carbocycles. The molecule has 30 heavy (non-hydrogen) atoms. The van der Waals surface area contributed by atoms with Gasteiger partial charge in [-0.3, -0.25) is 9.59 Å². The summed E-state index contributed by atoms with van der Waals surface area (Å²) in [5.74, 6) is -0.165. The molecule has 0 atom stereocenters. The van der Waals surface area contributed by atoms with Gasteiger partial charge in [-0.15, -0.1) is 0 Å². The van der Waals surface area contributed by atoms with Gasteiger partial charge in [0.05, 0.1) is 0 Å². The van der Waals surface area contributed by atoms with E-state index in [0.717, 1.165) is 21.9 Å². The maximum atomic E-state index is 12.5. The molecule has 2 aromatic heterocycles. The van der Waals surface area contributed by atoms with Crippen molar-refractivity contribution in [3.05, 3.63) is 107 Å². The maximum Gasteiger partial charge on any atom is 0.257 e. The molecule has 5 heteroatoms. The molecule has 0 saturated carbocycles. The van der Waals surface area contributed by atoms with Crippen LogP contribution in [0, 0.1) is 0 Å². The SMILES string of the molecule is O=C(Nc1cccc(-c2ccnc3[nH]c(=O)c4ccccc4c23)c1)c1ccccc1. The van der Waals surface area contributed by atoms with Crippen molar-refractivity contribution >= 4 is 33.4 Å². The zero-order chi connectivity index (χ0) is 20.5. The Morgan fingerprint density at radius 1 is 0.833 bits per heavy atom. The van der Waals surface area contributed by atoms with Crippen LogP contribution in [-0.2, 0) is 0 Å². The summed E-state index contributed by atoms with van der Waals surface area (Å²) in [5.41, 5.74) is 3.52. The number of H-pyrrole nitrogens is 1. The highest BCUT2D eigenvalue weighted by Gasteiger charge is 2.12. The first-order valence-electron chi connectivity index (χ1n) is 9.57. The highest BCUT2D eigenvalue weighted by Crippen LogP contribution is 2.32. The van der Waals surface area contributed by atoms with Crippen molar-refractivity contribution in [2.75, 3.05) is 5.32 Å². The second kappa shape index (κ2) is 7.29. The summed E-state index contributed by atoms with van der Waals surface area (Å²) in [6, 6.07) is 26.2. The second-order valence-electron chi connectivity index (χ2n) is 6.98. The lowest BCUT2D eigenvalue weighted by atomic mass is 9.98. The van der Waals surface area contributed by atoms with Crippen LogP contribution in [0.1, 0.15) is 10.4 Å². The first-order chi connectivity index (χ1) is 14.7. The van der Waals surface area contributed by atoms with Gasteiger partial charge in [0.25, 0.3) is 11.5 Å². The molecule has 1 amide bonds. The third-order valence-electron chi connectivity index (χ3n) is 5.09. The van der Waals surface area contributed by atoms with Crippen molar-refractivity contribution in [3.63, 3.8) is 0 Å². The number of rotatable bonds is 3. The Bertz CT molecular complexity index is 1460. The molecular formula is C25H17N3O2. The monoisotopic (exact) mass is 391 g/mol. The zero-order valence-electron chi connectivity index (χ0n) is 15.9. The zero-order valence-corrected chi connectivity index (χ0v) is 15.9. The number of amides is 1.